The fraction of sp³-hybridized carbons (Fsp3) is 0.440. The van der Waals surface area contributed by atoms with Gasteiger partial charge in [0.05, 0.1) is 19.9 Å². The number of hydrogen-bond donors (Lipinski definition) is 1. The Balaban J connectivity index is 1.32. The maximum atomic E-state index is 11.5. The number of aryl methyl sites for hydroxylation is 1. The van der Waals surface area contributed by atoms with Gasteiger partial charge in [-0.15, -0.1) is 0 Å². The topological polar surface area (TPSA) is 76.8 Å². The highest BCUT2D eigenvalue weighted by molar-refractivity contribution is 5.89. The molecule has 0 saturated carbocycles. The van der Waals surface area contributed by atoms with E-state index >= 15 is 0 Å². The van der Waals surface area contributed by atoms with Crippen molar-refractivity contribution in [2.24, 2.45) is 5.92 Å². The van der Waals surface area contributed by atoms with Crippen LogP contribution in [-0.2, 0) is 17.8 Å². The van der Waals surface area contributed by atoms with E-state index in [2.05, 4.69) is 21.4 Å². The van der Waals surface area contributed by atoms with Crippen molar-refractivity contribution < 1.29 is 18.8 Å². The van der Waals surface area contributed by atoms with Gasteiger partial charge >= 0.3 is 0 Å². The first-order chi connectivity index (χ1) is 15.6. The number of carbonyl (C=O) groups is 1. The van der Waals surface area contributed by atoms with Gasteiger partial charge in [-0.3, -0.25) is 9.69 Å². The van der Waals surface area contributed by atoms with Gasteiger partial charge in [-0.25, -0.2) is 0 Å². The van der Waals surface area contributed by atoms with Crippen LogP contribution < -0.4 is 14.8 Å². The minimum atomic E-state index is -0.0346. The predicted octanol–water partition coefficient (Wildman–Crippen LogP) is 4.65. The quantitative estimate of drug-likeness (QED) is 0.553. The summed E-state index contributed by atoms with van der Waals surface area (Å²) >= 11 is 0. The first-order valence-electron chi connectivity index (χ1n) is 11.2. The maximum absolute atomic E-state index is 11.5. The van der Waals surface area contributed by atoms with E-state index in [0.717, 1.165) is 62.1 Å². The van der Waals surface area contributed by atoms with Crippen molar-refractivity contribution in [2.75, 3.05) is 32.6 Å². The largest absolute Gasteiger partial charge is 0.493 e. The van der Waals surface area contributed by atoms with E-state index in [1.807, 2.05) is 30.3 Å². The van der Waals surface area contributed by atoms with Gasteiger partial charge in [0.2, 0.25) is 17.2 Å². The Morgan fingerprint density at radius 1 is 1.16 bits per heavy atom. The summed E-state index contributed by atoms with van der Waals surface area (Å²) in [6.07, 6.45) is 4.30. The molecule has 4 rings (SSSR count). The summed E-state index contributed by atoms with van der Waals surface area (Å²) in [5.41, 5.74) is 3.70. The second-order valence-corrected chi connectivity index (χ2v) is 8.40. The zero-order chi connectivity index (χ0) is 22.5. The molecule has 3 aromatic rings. The van der Waals surface area contributed by atoms with Crippen LogP contribution in [-0.4, -0.2) is 43.3 Å². The summed E-state index contributed by atoms with van der Waals surface area (Å²) in [7, 11) is 3.23. The molecule has 1 amide bonds. The van der Waals surface area contributed by atoms with Crippen LogP contribution in [0.1, 0.15) is 37.4 Å². The van der Waals surface area contributed by atoms with Gasteiger partial charge in [0.1, 0.15) is 0 Å². The van der Waals surface area contributed by atoms with E-state index in [-0.39, 0.29) is 5.91 Å². The first-order valence-corrected chi connectivity index (χ1v) is 11.2. The highest BCUT2D eigenvalue weighted by Gasteiger charge is 2.22. The minimum absolute atomic E-state index is 0.0346. The first kappa shape index (κ1) is 22.1. The molecule has 2 aromatic carbocycles. The van der Waals surface area contributed by atoms with E-state index in [0.29, 0.717) is 23.0 Å². The summed E-state index contributed by atoms with van der Waals surface area (Å²) in [6.45, 7) is 4.53. The Morgan fingerprint density at radius 3 is 2.66 bits per heavy atom. The number of fused-ring (bicyclic) bond motifs is 1. The number of amides is 1. The summed E-state index contributed by atoms with van der Waals surface area (Å²) < 4.78 is 16.4. The van der Waals surface area contributed by atoms with E-state index in [4.69, 9.17) is 14.0 Å². The van der Waals surface area contributed by atoms with E-state index in [1.165, 1.54) is 5.56 Å². The number of nitrogens with zero attached hydrogens (tertiary/aromatic N) is 2. The average molecular weight is 438 g/mol. The summed E-state index contributed by atoms with van der Waals surface area (Å²) in [5.74, 6) is 1.88. The zero-order valence-corrected chi connectivity index (χ0v) is 19.0. The lowest BCUT2D eigenvalue weighted by atomic mass is 9.91. The molecule has 7 nitrogen and oxygen atoms in total. The Bertz CT molecular complexity index is 1070. The van der Waals surface area contributed by atoms with Crippen LogP contribution in [0.2, 0.25) is 0 Å². The lowest BCUT2D eigenvalue weighted by Gasteiger charge is -2.32. The zero-order valence-electron chi connectivity index (χ0n) is 19.0. The van der Waals surface area contributed by atoms with Crippen molar-refractivity contribution >= 4 is 22.6 Å². The number of benzene rings is 2. The standard InChI is InChI=1S/C25H31N3O4/c1-17(29)26-21-7-5-4-6-19(21)16-28-14-12-18(13-15-28)8-10-22-20-9-11-23(30-2)25(31-3)24(20)32-27-22/h4-7,9,11,18H,8,10,12-16H2,1-3H3,(H,26,29). The molecule has 0 radical (unpaired) electrons. The van der Waals surface area contributed by atoms with E-state index < -0.39 is 0 Å². The molecule has 0 spiro atoms. The number of aromatic nitrogens is 1. The minimum Gasteiger partial charge on any atom is -0.493 e. The highest BCUT2D eigenvalue weighted by atomic mass is 16.5. The predicted molar refractivity (Wildman–Crippen MR) is 124 cm³/mol. The normalized spacial score (nSPS) is 15.1. The number of likely N-dealkylation sites (tertiary alicyclic amines) is 1. The SMILES string of the molecule is COc1ccc2c(CCC3CCN(Cc4ccccc4NC(C)=O)CC3)noc2c1OC. The van der Waals surface area contributed by atoms with Gasteiger partial charge in [-0.05, 0) is 68.5 Å². The lowest BCUT2D eigenvalue weighted by Crippen LogP contribution is -2.33. The Kier molecular flexibility index (Phi) is 6.95. The molecular formula is C25H31N3O4. The summed E-state index contributed by atoms with van der Waals surface area (Å²) in [6, 6.07) is 11.9. The third-order valence-corrected chi connectivity index (χ3v) is 6.28. The number of nitrogens with one attached hydrogen (secondary N) is 1. The van der Waals surface area contributed by atoms with Crippen LogP contribution in [0.5, 0.6) is 11.5 Å². The number of rotatable bonds is 8. The molecule has 0 atom stereocenters. The van der Waals surface area contributed by atoms with Gasteiger partial charge in [-0.1, -0.05) is 23.4 Å². The molecule has 1 aliphatic heterocycles. The molecule has 170 valence electrons. The van der Waals surface area contributed by atoms with Crippen molar-refractivity contribution in [3.8, 4) is 11.5 Å². The van der Waals surface area contributed by atoms with Crippen LogP contribution in [0.3, 0.4) is 0 Å². The van der Waals surface area contributed by atoms with Crippen molar-refractivity contribution in [2.45, 2.75) is 39.2 Å². The fourth-order valence-electron chi connectivity index (χ4n) is 4.53. The second kappa shape index (κ2) is 10.0. The monoisotopic (exact) mass is 437 g/mol. The lowest BCUT2D eigenvalue weighted by molar-refractivity contribution is -0.114. The molecule has 1 aliphatic rings. The van der Waals surface area contributed by atoms with Crippen LogP contribution in [0.25, 0.3) is 11.0 Å². The van der Waals surface area contributed by atoms with Crippen molar-refractivity contribution in [1.82, 2.24) is 10.1 Å². The number of hydrogen-bond acceptors (Lipinski definition) is 6. The molecule has 2 heterocycles. The summed E-state index contributed by atoms with van der Waals surface area (Å²) in [4.78, 5) is 13.9. The van der Waals surface area contributed by atoms with Crippen LogP contribution >= 0.6 is 0 Å². The number of ether oxygens (including phenoxy) is 2. The molecule has 1 fully saturated rings. The van der Waals surface area contributed by atoms with Crippen LogP contribution in [0.4, 0.5) is 5.69 Å². The third kappa shape index (κ3) is 4.88. The van der Waals surface area contributed by atoms with Crippen molar-refractivity contribution in [1.29, 1.82) is 0 Å². The van der Waals surface area contributed by atoms with Crippen LogP contribution in [0, 0.1) is 5.92 Å². The van der Waals surface area contributed by atoms with Crippen molar-refractivity contribution in [3.05, 3.63) is 47.7 Å². The van der Waals surface area contributed by atoms with Gasteiger partial charge in [-0.2, -0.15) is 0 Å². The number of anilines is 1. The molecular weight excluding hydrogens is 406 g/mol. The number of para-hydroxylation sites is 1. The van der Waals surface area contributed by atoms with Gasteiger partial charge < -0.3 is 19.3 Å². The molecule has 7 heteroatoms. The molecule has 1 saturated heterocycles. The van der Waals surface area contributed by atoms with Gasteiger partial charge in [0.15, 0.2) is 5.75 Å². The highest BCUT2D eigenvalue weighted by Crippen LogP contribution is 2.37. The van der Waals surface area contributed by atoms with Gasteiger partial charge in [0.25, 0.3) is 0 Å². The Hall–Kier alpha value is -3.06. The van der Waals surface area contributed by atoms with Gasteiger partial charge in [0, 0.05) is 24.5 Å². The number of methoxy groups -OCH3 is 2. The van der Waals surface area contributed by atoms with Crippen LogP contribution in [0.15, 0.2) is 40.9 Å². The van der Waals surface area contributed by atoms with E-state index in [1.54, 1.807) is 21.1 Å². The molecule has 1 N–H and O–H groups in total. The Morgan fingerprint density at radius 2 is 1.94 bits per heavy atom. The van der Waals surface area contributed by atoms with Crippen molar-refractivity contribution in [3.63, 3.8) is 0 Å². The number of piperidine rings is 1. The number of carbonyl (C=O) groups excluding carboxylic acids is 1. The Labute approximate surface area is 188 Å². The second-order valence-electron chi connectivity index (χ2n) is 8.40. The molecule has 1 aromatic heterocycles. The summed E-state index contributed by atoms with van der Waals surface area (Å²) in [5, 5.41) is 8.25. The molecule has 0 bridgehead atoms. The van der Waals surface area contributed by atoms with E-state index in [9.17, 15) is 4.79 Å². The molecule has 0 aliphatic carbocycles. The third-order valence-electron chi connectivity index (χ3n) is 6.28. The smallest absolute Gasteiger partial charge is 0.221 e. The maximum Gasteiger partial charge on any atom is 0.221 e. The molecule has 0 unspecified atom stereocenters. The average Bonchev–Trinajstić information content (AvgIpc) is 3.22. The fourth-order valence-corrected chi connectivity index (χ4v) is 4.53. The molecule has 32 heavy (non-hydrogen) atoms.